The minimum absolute atomic E-state index is 0.630. The molecule has 0 spiro atoms. The average molecular weight is 450 g/mol. The normalized spacial score (nSPS) is 14.3. The molecular weight excluding hydrogens is 418 g/mol. The van der Waals surface area contributed by atoms with Crippen LogP contribution >= 0.6 is 0 Å². The lowest BCUT2D eigenvalue weighted by Crippen LogP contribution is -2.46. The number of methoxy groups -OCH3 is 3. The molecule has 0 bridgehead atoms. The maximum absolute atomic E-state index is 5.66. The van der Waals surface area contributed by atoms with E-state index in [0.717, 1.165) is 66.8 Å². The van der Waals surface area contributed by atoms with Crippen LogP contribution in [0.3, 0.4) is 0 Å². The zero-order valence-electron chi connectivity index (χ0n) is 20.0. The summed E-state index contributed by atoms with van der Waals surface area (Å²) in [5, 5.41) is 0. The van der Waals surface area contributed by atoms with Crippen LogP contribution in [0.1, 0.15) is 16.8 Å². The summed E-state index contributed by atoms with van der Waals surface area (Å²) < 4.78 is 16.6. The van der Waals surface area contributed by atoms with E-state index in [-0.39, 0.29) is 0 Å². The van der Waals surface area contributed by atoms with E-state index in [1.807, 2.05) is 37.3 Å². The van der Waals surface area contributed by atoms with Crippen molar-refractivity contribution in [2.75, 3.05) is 52.4 Å². The Kier molecular flexibility index (Phi) is 6.93. The van der Waals surface area contributed by atoms with E-state index in [1.165, 1.54) is 0 Å². The van der Waals surface area contributed by atoms with Gasteiger partial charge in [0, 0.05) is 55.7 Å². The molecule has 0 N–H and O–H groups in total. The number of rotatable bonds is 7. The van der Waals surface area contributed by atoms with Gasteiger partial charge in [0.05, 0.1) is 21.3 Å². The molecule has 0 radical (unpaired) electrons. The van der Waals surface area contributed by atoms with E-state index in [0.29, 0.717) is 17.3 Å². The first-order valence-electron chi connectivity index (χ1n) is 11.1. The molecule has 0 aliphatic carbocycles. The number of aromatic nitrogens is 3. The van der Waals surface area contributed by atoms with Gasteiger partial charge in [0.1, 0.15) is 11.5 Å². The molecule has 2 aromatic heterocycles. The lowest BCUT2D eigenvalue weighted by atomic mass is 10.1. The predicted octanol–water partition coefficient (Wildman–Crippen LogP) is 3.50. The van der Waals surface area contributed by atoms with Gasteiger partial charge in [0.15, 0.2) is 17.3 Å². The molecule has 3 aromatic rings. The molecule has 1 saturated heterocycles. The molecule has 1 fully saturated rings. The van der Waals surface area contributed by atoms with E-state index in [1.54, 1.807) is 27.5 Å². The quantitative estimate of drug-likeness (QED) is 0.543. The Hall–Kier alpha value is -3.39. The Morgan fingerprint density at radius 1 is 0.848 bits per heavy atom. The zero-order chi connectivity index (χ0) is 23.4. The van der Waals surface area contributed by atoms with E-state index in [4.69, 9.17) is 19.2 Å². The predicted molar refractivity (Wildman–Crippen MR) is 128 cm³/mol. The number of anilines is 1. The van der Waals surface area contributed by atoms with Gasteiger partial charge in [-0.2, -0.15) is 0 Å². The number of benzene rings is 1. The summed E-state index contributed by atoms with van der Waals surface area (Å²) in [7, 11) is 4.93. The lowest BCUT2D eigenvalue weighted by molar-refractivity contribution is 0.243. The van der Waals surface area contributed by atoms with Gasteiger partial charge in [-0.15, -0.1) is 0 Å². The first kappa shape index (κ1) is 22.8. The molecule has 8 heteroatoms. The third-order valence-electron chi connectivity index (χ3n) is 6.11. The van der Waals surface area contributed by atoms with E-state index in [9.17, 15) is 0 Å². The molecule has 33 heavy (non-hydrogen) atoms. The molecule has 0 unspecified atom stereocenters. The fourth-order valence-electron chi connectivity index (χ4n) is 4.18. The van der Waals surface area contributed by atoms with Crippen molar-refractivity contribution in [2.45, 2.75) is 20.4 Å². The van der Waals surface area contributed by atoms with Crippen molar-refractivity contribution in [1.29, 1.82) is 0 Å². The van der Waals surface area contributed by atoms with Gasteiger partial charge in [0.2, 0.25) is 5.75 Å². The zero-order valence-corrected chi connectivity index (χ0v) is 20.0. The van der Waals surface area contributed by atoms with Crippen molar-refractivity contribution in [2.24, 2.45) is 0 Å². The highest BCUT2D eigenvalue weighted by Crippen LogP contribution is 2.40. The SMILES string of the molecule is COc1ccc(CN2CCN(c3nc(-c4ccccn4)nc(C)c3C)CC2)c(OC)c1OC. The second-order valence-corrected chi connectivity index (χ2v) is 8.05. The van der Waals surface area contributed by atoms with Crippen LogP contribution in [0.15, 0.2) is 36.5 Å². The van der Waals surface area contributed by atoms with Gasteiger partial charge in [-0.25, -0.2) is 9.97 Å². The Morgan fingerprint density at radius 3 is 2.24 bits per heavy atom. The lowest BCUT2D eigenvalue weighted by Gasteiger charge is -2.36. The van der Waals surface area contributed by atoms with Crippen molar-refractivity contribution in [3.05, 3.63) is 53.3 Å². The maximum atomic E-state index is 5.66. The number of aryl methyl sites for hydroxylation is 1. The highest BCUT2D eigenvalue weighted by molar-refractivity contribution is 5.58. The van der Waals surface area contributed by atoms with Gasteiger partial charge in [-0.05, 0) is 32.0 Å². The molecule has 1 aliphatic heterocycles. The van der Waals surface area contributed by atoms with Crippen LogP contribution in [0.25, 0.3) is 11.5 Å². The van der Waals surface area contributed by atoms with Gasteiger partial charge in [-0.1, -0.05) is 12.1 Å². The molecule has 1 aromatic carbocycles. The van der Waals surface area contributed by atoms with E-state index >= 15 is 0 Å². The van der Waals surface area contributed by atoms with Gasteiger partial charge < -0.3 is 19.1 Å². The van der Waals surface area contributed by atoms with Crippen molar-refractivity contribution >= 4 is 5.82 Å². The number of ether oxygens (including phenoxy) is 3. The standard InChI is InChI=1S/C25H31N5O3/c1-17-18(2)27-24(20-8-6-7-11-26-20)28-25(17)30-14-12-29(13-15-30)16-19-9-10-21(31-3)23(33-5)22(19)32-4/h6-11H,12-16H2,1-5H3. The van der Waals surface area contributed by atoms with Crippen LogP contribution < -0.4 is 19.1 Å². The number of pyridine rings is 1. The average Bonchev–Trinajstić information content (AvgIpc) is 2.86. The summed E-state index contributed by atoms with van der Waals surface area (Å²) in [6.07, 6.45) is 1.77. The molecule has 0 amide bonds. The second-order valence-electron chi connectivity index (χ2n) is 8.05. The second kappa shape index (κ2) is 10.0. The van der Waals surface area contributed by atoms with E-state index < -0.39 is 0 Å². The summed E-state index contributed by atoms with van der Waals surface area (Å²) in [4.78, 5) is 18.8. The molecule has 8 nitrogen and oxygen atoms in total. The van der Waals surface area contributed by atoms with Crippen LogP contribution in [0, 0.1) is 13.8 Å². The first-order valence-corrected chi connectivity index (χ1v) is 11.1. The topological polar surface area (TPSA) is 72.8 Å². The fourth-order valence-corrected chi connectivity index (χ4v) is 4.18. The van der Waals surface area contributed by atoms with Gasteiger partial charge in [-0.3, -0.25) is 9.88 Å². The Bertz CT molecular complexity index is 1100. The summed E-state index contributed by atoms with van der Waals surface area (Å²) in [5.74, 6) is 3.69. The molecule has 174 valence electrons. The molecular formula is C25H31N5O3. The summed E-state index contributed by atoms with van der Waals surface area (Å²) in [5.41, 5.74) is 3.97. The summed E-state index contributed by atoms with van der Waals surface area (Å²) in [6, 6.07) is 9.78. The molecule has 1 aliphatic rings. The molecule has 4 rings (SSSR count). The largest absolute Gasteiger partial charge is 0.493 e. The van der Waals surface area contributed by atoms with Gasteiger partial charge >= 0.3 is 0 Å². The Balaban J connectivity index is 1.50. The van der Waals surface area contributed by atoms with Crippen LogP contribution in [0.4, 0.5) is 5.82 Å². The van der Waals surface area contributed by atoms with Gasteiger partial charge in [0.25, 0.3) is 0 Å². The number of piperazine rings is 1. The number of hydrogen-bond donors (Lipinski definition) is 0. The van der Waals surface area contributed by atoms with Crippen molar-refractivity contribution < 1.29 is 14.2 Å². The van der Waals surface area contributed by atoms with Crippen molar-refractivity contribution in [3.8, 4) is 28.8 Å². The minimum Gasteiger partial charge on any atom is -0.493 e. The maximum Gasteiger partial charge on any atom is 0.203 e. The van der Waals surface area contributed by atoms with Crippen LogP contribution in [-0.2, 0) is 6.54 Å². The first-order chi connectivity index (χ1) is 16.0. The summed E-state index contributed by atoms with van der Waals surface area (Å²) in [6.45, 7) is 8.50. The molecule has 0 atom stereocenters. The number of nitrogens with zero attached hydrogens (tertiary/aromatic N) is 5. The Morgan fingerprint density at radius 2 is 1.61 bits per heavy atom. The van der Waals surface area contributed by atoms with Crippen LogP contribution in [0.5, 0.6) is 17.2 Å². The monoisotopic (exact) mass is 449 g/mol. The summed E-state index contributed by atoms with van der Waals surface area (Å²) >= 11 is 0. The van der Waals surface area contributed by atoms with Crippen LogP contribution in [0.2, 0.25) is 0 Å². The highest BCUT2D eigenvalue weighted by Gasteiger charge is 2.24. The highest BCUT2D eigenvalue weighted by atomic mass is 16.5. The smallest absolute Gasteiger partial charge is 0.203 e. The Labute approximate surface area is 195 Å². The van der Waals surface area contributed by atoms with Crippen molar-refractivity contribution in [3.63, 3.8) is 0 Å². The van der Waals surface area contributed by atoms with Crippen molar-refractivity contribution in [1.82, 2.24) is 19.9 Å². The fraction of sp³-hybridized carbons (Fsp3) is 0.400. The number of hydrogen-bond acceptors (Lipinski definition) is 8. The van der Waals surface area contributed by atoms with Crippen LogP contribution in [-0.4, -0.2) is 67.4 Å². The third kappa shape index (κ3) is 4.71. The van der Waals surface area contributed by atoms with E-state index in [2.05, 4.69) is 26.7 Å². The minimum atomic E-state index is 0.630. The third-order valence-corrected chi connectivity index (χ3v) is 6.11. The molecule has 3 heterocycles. The molecule has 0 saturated carbocycles.